The molecule has 0 spiro atoms. The molecule has 2 nitrogen and oxygen atoms in total. The molecule has 23 heavy (non-hydrogen) atoms. The monoisotopic (exact) mass is 318 g/mol. The van der Waals surface area contributed by atoms with Crippen molar-refractivity contribution in [3.8, 4) is 12.3 Å². The maximum absolute atomic E-state index is 11.7. The summed E-state index contributed by atoms with van der Waals surface area (Å²) in [5.74, 6) is 2.56. The van der Waals surface area contributed by atoms with Crippen molar-refractivity contribution >= 4 is 5.97 Å². The predicted molar refractivity (Wildman–Crippen MR) is 99.1 cm³/mol. The first-order chi connectivity index (χ1) is 11.2. The Morgan fingerprint density at radius 3 is 2.52 bits per heavy atom. The molecule has 0 rings (SSSR count). The number of esters is 1. The van der Waals surface area contributed by atoms with Gasteiger partial charge in [0.05, 0.1) is 0 Å². The van der Waals surface area contributed by atoms with Gasteiger partial charge in [-0.15, -0.1) is 12.3 Å². The van der Waals surface area contributed by atoms with Crippen molar-refractivity contribution in [2.45, 2.75) is 90.6 Å². The van der Waals surface area contributed by atoms with Crippen LogP contribution in [0.25, 0.3) is 0 Å². The van der Waals surface area contributed by atoms with Crippen LogP contribution in [0.2, 0.25) is 0 Å². The van der Waals surface area contributed by atoms with E-state index < -0.39 is 0 Å². The van der Waals surface area contributed by atoms with Crippen LogP contribution in [0.4, 0.5) is 0 Å². The third-order valence-corrected chi connectivity index (χ3v) is 3.71. The number of ether oxygens (including phenoxy) is 1. The van der Waals surface area contributed by atoms with Gasteiger partial charge in [0.2, 0.25) is 0 Å². The molecule has 0 heterocycles. The average molecular weight is 319 g/mol. The van der Waals surface area contributed by atoms with Gasteiger partial charge in [0.15, 0.2) is 0 Å². The standard InChI is InChI=1S/C21H34O2/c1-4-7-8-9-10-11-12-13-14-15-16-17-19-21(22)23-20(6-3)18-5-2/h1,8-9,11-12,20H,5-7,10,13-19H2,2-3H3/b9-8-,12-11-. The molecule has 0 aliphatic rings. The third-order valence-electron chi connectivity index (χ3n) is 3.71. The molecule has 0 bridgehead atoms. The van der Waals surface area contributed by atoms with Crippen LogP contribution in [0.15, 0.2) is 24.3 Å². The second kappa shape index (κ2) is 16.9. The summed E-state index contributed by atoms with van der Waals surface area (Å²) in [7, 11) is 0. The summed E-state index contributed by atoms with van der Waals surface area (Å²) in [5.41, 5.74) is 0. The minimum Gasteiger partial charge on any atom is -0.462 e. The molecule has 0 N–H and O–H groups in total. The van der Waals surface area contributed by atoms with Crippen molar-refractivity contribution in [2.75, 3.05) is 0 Å². The summed E-state index contributed by atoms with van der Waals surface area (Å²) in [5, 5.41) is 0. The van der Waals surface area contributed by atoms with Crippen molar-refractivity contribution in [1.29, 1.82) is 0 Å². The topological polar surface area (TPSA) is 26.3 Å². The first-order valence-corrected chi connectivity index (χ1v) is 9.17. The molecule has 1 unspecified atom stereocenters. The Hall–Kier alpha value is -1.49. The quantitative estimate of drug-likeness (QED) is 0.170. The second-order valence-corrected chi connectivity index (χ2v) is 5.85. The molecule has 0 radical (unpaired) electrons. The van der Waals surface area contributed by atoms with Crippen LogP contribution < -0.4 is 0 Å². The van der Waals surface area contributed by atoms with Crippen LogP contribution in [0.5, 0.6) is 0 Å². The lowest BCUT2D eigenvalue weighted by molar-refractivity contribution is -0.149. The van der Waals surface area contributed by atoms with Gasteiger partial charge in [-0.05, 0) is 38.5 Å². The van der Waals surface area contributed by atoms with E-state index in [0.717, 1.165) is 44.9 Å². The van der Waals surface area contributed by atoms with Gasteiger partial charge >= 0.3 is 5.97 Å². The van der Waals surface area contributed by atoms with Crippen LogP contribution in [-0.2, 0) is 9.53 Å². The highest BCUT2D eigenvalue weighted by Crippen LogP contribution is 2.11. The van der Waals surface area contributed by atoms with E-state index in [-0.39, 0.29) is 12.1 Å². The summed E-state index contributed by atoms with van der Waals surface area (Å²) in [6, 6.07) is 0. The van der Waals surface area contributed by atoms with E-state index >= 15 is 0 Å². The molecular weight excluding hydrogens is 284 g/mol. The maximum Gasteiger partial charge on any atom is 0.306 e. The Bertz CT molecular complexity index is 374. The number of terminal acetylenes is 1. The number of hydrogen-bond donors (Lipinski definition) is 0. The number of carbonyl (C=O) groups excluding carboxylic acids is 1. The van der Waals surface area contributed by atoms with Crippen LogP contribution in [0.1, 0.15) is 84.5 Å². The fraction of sp³-hybridized carbons (Fsp3) is 0.667. The van der Waals surface area contributed by atoms with Gasteiger partial charge in [-0.3, -0.25) is 4.79 Å². The largest absolute Gasteiger partial charge is 0.462 e. The Balaban J connectivity index is 3.46. The first-order valence-electron chi connectivity index (χ1n) is 9.17. The van der Waals surface area contributed by atoms with E-state index in [1.165, 1.54) is 12.8 Å². The normalized spacial score (nSPS) is 12.6. The van der Waals surface area contributed by atoms with E-state index in [1.807, 2.05) is 6.08 Å². The molecule has 0 saturated carbocycles. The molecule has 0 aromatic rings. The summed E-state index contributed by atoms with van der Waals surface area (Å²) >= 11 is 0. The summed E-state index contributed by atoms with van der Waals surface area (Å²) in [6.07, 6.45) is 24.6. The lowest BCUT2D eigenvalue weighted by atomic mass is 10.1. The van der Waals surface area contributed by atoms with Gasteiger partial charge in [0.25, 0.3) is 0 Å². The number of rotatable bonds is 14. The van der Waals surface area contributed by atoms with E-state index in [9.17, 15) is 4.79 Å². The van der Waals surface area contributed by atoms with Crippen LogP contribution in [-0.4, -0.2) is 12.1 Å². The highest BCUT2D eigenvalue weighted by Gasteiger charge is 2.10. The Labute approximate surface area is 143 Å². The Morgan fingerprint density at radius 1 is 1.09 bits per heavy atom. The molecule has 130 valence electrons. The van der Waals surface area contributed by atoms with E-state index in [0.29, 0.717) is 12.8 Å². The molecule has 0 amide bonds. The molecule has 0 aromatic heterocycles. The molecule has 0 aliphatic heterocycles. The predicted octanol–water partition coefficient (Wildman–Crippen LogP) is 5.97. The van der Waals surface area contributed by atoms with Crippen molar-refractivity contribution < 1.29 is 9.53 Å². The average Bonchev–Trinajstić information content (AvgIpc) is 2.55. The van der Waals surface area contributed by atoms with Crippen LogP contribution >= 0.6 is 0 Å². The summed E-state index contributed by atoms with van der Waals surface area (Å²) < 4.78 is 5.47. The molecule has 0 fully saturated rings. The highest BCUT2D eigenvalue weighted by molar-refractivity contribution is 5.69. The zero-order valence-corrected chi connectivity index (χ0v) is 15.1. The molecule has 1 atom stereocenters. The highest BCUT2D eigenvalue weighted by atomic mass is 16.5. The molecule has 0 aliphatic carbocycles. The van der Waals surface area contributed by atoms with Gasteiger partial charge in [-0.2, -0.15) is 0 Å². The van der Waals surface area contributed by atoms with Gasteiger partial charge in [-0.25, -0.2) is 0 Å². The van der Waals surface area contributed by atoms with Crippen LogP contribution in [0, 0.1) is 12.3 Å². The van der Waals surface area contributed by atoms with Gasteiger partial charge in [0, 0.05) is 12.8 Å². The SMILES string of the molecule is C#CC/C=C\C/C=C\CCCCCCC(=O)OC(CC)CCC. The van der Waals surface area contributed by atoms with Gasteiger partial charge in [-0.1, -0.05) is 57.4 Å². The Morgan fingerprint density at radius 2 is 1.83 bits per heavy atom. The summed E-state index contributed by atoms with van der Waals surface area (Å²) in [6.45, 7) is 4.20. The first kappa shape index (κ1) is 21.5. The zero-order valence-electron chi connectivity index (χ0n) is 15.1. The van der Waals surface area contributed by atoms with Crippen molar-refractivity contribution in [3.63, 3.8) is 0 Å². The minimum absolute atomic E-state index is 0.0241. The molecule has 0 aromatic carbocycles. The minimum atomic E-state index is -0.0241. The molecule has 0 saturated heterocycles. The van der Waals surface area contributed by atoms with Crippen LogP contribution in [0.3, 0.4) is 0 Å². The second-order valence-electron chi connectivity index (χ2n) is 5.85. The van der Waals surface area contributed by atoms with Crippen molar-refractivity contribution in [1.82, 2.24) is 0 Å². The Kier molecular flexibility index (Phi) is 15.8. The van der Waals surface area contributed by atoms with E-state index in [1.54, 1.807) is 0 Å². The number of carbonyl (C=O) groups is 1. The third kappa shape index (κ3) is 15.2. The van der Waals surface area contributed by atoms with Crippen molar-refractivity contribution in [3.05, 3.63) is 24.3 Å². The lowest BCUT2D eigenvalue weighted by Gasteiger charge is -2.15. The number of allylic oxidation sites excluding steroid dienone is 4. The van der Waals surface area contributed by atoms with Crippen molar-refractivity contribution in [2.24, 2.45) is 0 Å². The number of hydrogen-bond acceptors (Lipinski definition) is 2. The maximum atomic E-state index is 11.7. The van der Waals surface area contributed by atoms with E-state index in [4.69, 9.17) is 11.2 Å². The molecular formula is C21H34O2. The van der Waals surface area contributed by atoms with Gasteiger partial charge in [0.1, 0.15) is 6.10 Å². The lowest BCUT2D eigenvalue weighted by Crippen LogP contribution is -2.16. The fourth-order valence-electron chi connectivity index (χ4n) is 2.34. The van der Waals surface area contributed by atoms with E-state index in [2.05, 4.69) is 38.0 Å². The van der Waals surface area contributed by atoms with Gasteiger partial charge < -0.3 is 4.74 Å². The smallest absolute Gasteiger partial charge is 0.306 e. The number of unbranched alkanes of at least 4 members (excludes halogenated alkanes) is 4. The molecule has 2 heteroatoms. The summed E-state index contributed by atoms with van der Waals surface area (Å²) in [4.78, 5) is 11.7. The fourth-order valence-corrected chi connectivity index (χ4v) is 2.34. The zero-order chi connectivity index (χ0) is 17.2.